The van der Waals surface area contributed by atoms with Gasteiger partial charge in [0, 0.05) is 19.8 Å². The van der Waals surface area contributed by atoms with Crippen LogP contribution >= 0.6 is 0 Å². The fourth-order valence-corrected chi connectivity index (χ4v) is 1.57. The minimum absolute atomic E-state index is 0.0680. The minimum atomic E-state index is -0.414. The van der Waals surface area contributed by atoms with Crippen molar-refractivity contribution in [3.05, 3.63) is 21.6 Å². The van der Waals surface area contributed by atoms with E-state index in [1.165, 1.54) is 4.68 Å². The molecule has 0 saturated carbocycles. The van der Waals surface area contributed by atoms with E-state index in [0.29, 0.717) is 18.1 Å². The van der Waals surface area contributed by atoms with Crippen LogP contribution in [-0.2, 0) is 6.42 Å². The van der Waals surface area contributed by atoms with E-state index in [0.717, 1.165) is 5.71 Å². The van der Waals surface area contributed by atoms with E-state index in [1.54, 1.807) is 19.0 Å². The van der Waals surface area contributed by atoms with E-state index < -0.39 is 5.56 Å². The van der Waals surface area contributed by atoms with E-state index in [4.69, 9.17) is 5.26 Å². The molecule has 0 aromatic carbocycles. The molecule has 0 fully saturated rings. The van der Waals surface area contributed by atoms with Gasteiger partial charge in [-0.05, 0) is 19.3 Å². The monoisotopic (exact) mass is 275 g/mol. The molecule has 20 heavy (non-hydrogen) atoms. The molecule has 0 amide bonds. The molecule has 0 bridgehead atoms. The smallest absolute Gasteiger partial charge is 0.293 e. The van der Waals surface area contributed by atoms with Crippen LogP contribution in [0.3, 0.4) is 0 Å². The molecule has 108 valence electrons. The molecule has 0 spiro atoms. The Kier molecular flexibility index (Phi) is 5.03. The molecule has 0 N–H and O–H groups in total. The zero-order chi connectivity index (χ0) is 15.4. The number of anilines is 1. The highest BCUT2D eigenvalue weighted by Crippen LogP contribution is 2.11. The molecule has 1 aromatic heterocycles. The number of hydrogen-bond acceptors (Lipinski definition) is 5. The molecule has 0 aliphatic heterocycles. The third-order valence-electron chi connectivity index (χ3n) is 3.06. The Labute approximate surface area is 119 Å². The summed E-state index contributed by atoms with van der Waals surface area (Å²) in [7, 11) is 3.59. The van der Waals surface area contributed by atoms with E-state index >= 15 is 0 Å². The van der Waals surface area contributed by atoms with Crippen molar-refractivity contribution in [3.63, 3.8) is 0 Å². The first kappa shape index (κ1) is 15.9. The first-order valence-electron chi connectivity index (χ1n) is 6.62. The van der Waals surface area contributed by atoms with Crippen molar-refractivity contribution in [3.8, 4) is 6.07 Å². The van der Waals surface area contributed by atoms with Gasteiger partial charge in [0.2, 0.25) is 5.95 Å². The van der Waals surface area contributed by atoms with Crippen molar-refractivity contribution < 1.29 is 0 Å². The Bertz CT molecular complexity index is 620. The summed E-state index contributed by atoms with van der Waals surface area (Å²) in [5.41, 5.74) is 0.974. The minimum Gasteiger partial charge on any atom is -0.347 e. The van der Waals surface area contributed by atoms with Gasteiger partial charge in [-0.3, -0.25) is 4.79 Å². The normalized spacial score (nSPS) is 11.6. The van der Waals surface area contributed by atoms with Crippen molar-refractivity contribution in [1.29, 1.82) is 5.26 Å². The average molecular weight is 275 g/mol. The summed E-state index contributed by atoms with van der Waals surface area (Å²) in [5.74, 6) is 0.652. The summed E-state index contributed by atoms with van der Waals surface area (Å²) in [4.78, 5) is 18.5. The van der Waals surface area contributed by atoms with Crippen LogP contribution in [0.2, 0.25) is 0 Å². The first-order chi connectivity index (χ1) is 9.33. The molecule has 6 heteroatoms. The highest BCUT2D eigenvalue weighted by Gasteiger charge is 2.17. The maximum Gasteiger partial charge on any atom is 0.293 e. The standard InChI is InChI=1S/C14H21N5O/c1-7-12-11(8-15)13(20)19(14(16-12)18(5)6)17-10(4)9(2)3/h9H,7H2,1-6H3/b17-10+. The Balaban J connectivity index is 3.70. The predicted octanol–water partition coefficient (Wildman–Crippen LogP) is 1.62. The molecule has 0 saturated heterocycles. The van der Waals surface area contributed by atoms with Crippen LogP contribution in [0.1, 0.15) is 39.0 Å². The largest absolute Gasteiger partial charge is 0.347 e. The highest BCUT2D eigenvalue weighted by molar-refractivity contribution is 5.83. The third-order valence-corrected chi connectivity index (χ3v) is 3.06. The summed E-state index contributed by atoms with van der Waals surface area (Å²) in [5, 5.41) is 13.5. The van der Waals surface area contributed by atoms with Gasteiger partial charge < -0.3 is 4.90 Å². The van der Waals surface area contributed by atoms with Crippen molar-refractivity contribution in [2.45, 2.75) is 34.1 Å². The summed E-state index contributed by atoms with van der Waals surface area (Å²) in [6.45, 7) is 7.72. The molecule has 1 heterocycles. The number of aryl methyl sites for hydroxylation is 1. The molecular weight excluding hydrogens is 254 g/mol. The topological polar surface area (TPSA) is 74.3 Å². The van der Waals surface area contributed by atoms with Gasteiger partial charge in [0.1, 0.15) is 11.6 Å². The average Bonchev–Trinajstić information content (AvgIpc) is 2.39. The van der Waals surface area contributed by atoms with Crippen LogP contribution in [0.5, 0.6) is 0 Å². The first-order valence-corrected chi connectivity index (χ1v) is 6.62. The Morgan fingerprint density at radius 3 is 2.50 bits per heavy atom. The number of aromatic nitrogens is 2. The van der Waals surface area contributed by atoms with Gasteiger partial charge in [-0.1, -0.05) is 20.8 Å². The second-order valence-electron chi connectivity index (χ2n) is 5.11. The Morgan fingerprint density at radius 2 is 2.10 bits per heavy atom. The molecular formula is C14H21N5O. The second-order valence-corrected chi connectivity index (χ2v) is 5.11. The van der Waals surface area contributed by atoms with Crippen molar-refractivity contribution in [2.24, 2.45) is 11.0 Å². The van der Waals surface area contributed by atoms with Gasteiger partial charge in [-0.25, -0.2) is 4.98 Å². The molecule has 0 aliphatic rings. The molecule has 6 nitrogen and oxygen atoms in total. The maximum absolute atomic E-state index is 12.4. The van der Waals surface area contributed by atoms with Crippen LogP contribution in [0.4, 0.5) is 5.95 Å². The van der Waals surface area contributed by atoms with E-state index in [2.05, 4.69) is 10.1 Å². The van der Waals surface area contributed by atoms with Crippen LogP contribution < -0.4 is 10.5 Å². The molecule has 1 rings (SSSR count). The quantitative estimate of drug-likeness (QED) is 0.783. The fourth-order valence-electron chi connectivity index (χ4n) is 1.57. The molecule has 0 aliphatic carbocycles. The van der Waals surface area contributed by atoms with Crippen molar-refractivity contribution in [2.75, 3.05) is 19.0 Å². The number of hydrogen-bond donors (Lipinski definition) is 0. The van der Waals surface area contributed by atoms with Gasteiger partial charge in [-0.2, -0.15) is 15.0 Å². The van der Waals surface area contributed by atoms with Crippen LogP contribution in [0, 0.1) is 17.2 Å². The lowest BCUT2D eigenvalue weighted by Crippen LogP contribution is -2.30. The van der Waals surface area contributed by atoms with Gasteiger partial charge in [0.25, 0.3) is 5.56 Å². The van der Waals surface area contributed by atoms with Gasteiger partial charge in [0.05, 0.1) is 5.69 Å². The van der Waals surface area contributed by atoms with Crippen LogP contribution in [-0.4, -0.2) is 29.5 Å². The zero-order valence-corrected chi connectivity index (χ0v) is 12.9. The fraction of sp³-hybridized carbons (Fsp3) is 0.571. The van der Waals surface area contributed by atoms with Gasteiger partial charge in [-0.15, -0.1) is 0 Å². The lowest BCUT2D eigenvalue weighted by Gasteiger charge is -2.17. The van der Waals surface area contributed by atoms with Crippen LogP contribution in [0.15, 0.2) is 9.90 Å². The van der Waals surface area contributed by atoms with Crippen LogP contribution in [0.25, 0.3) is 0 Å². The molecule has 0 atom stereocenters. The van der Waals surface area contributed by atoms with E-state index in [1.807, 2.05) is 33.8 Å². The summed E-state index contributed by atoms with van der Waals surface area (Å²) < 4.78 is 1.22. The van der Waals surface area contributed by atoms with E-state index in [-0.39, 0.29) is 11.5 Å². The number of nitrogens with zero attached hydrogens (tertiary/aromatic N) is 5. The number of nitriles is 1. The molecule has 1 aromatic rings. The predicted molar refractivity (Wildman–Crippen MR) is 80.3 cm³/mol. The Hall–Kier alpha value is -2.16. The third kappa shape index (κ3) is 3.05. The second kappa shape index (κ2) is 6.33. The highest BCUT2D eigenvalue weighted by atomic mass is 16.1. The summed E-state index contributed by atoms with van der Waals surface area (Å²) >= 11 is 0. The Morgan fingerprint density at radius 1 is 1.50 bits per heavy atom. The maximum atomic E-state index is 12.4. The SMILES string of the molecule is CCc1nc(N(C)C)n(/N=C(\C)C(C)C)c(=O)c1C#N. The molecule has 0 unspecified atom stereocenters. The zero-order valence-electron chi connectivity index (χ0n) is 12.9. The van der Waals surface area contributed by atoms with Gasteiger partial charge in [0.15, 0.2) is 0 Å². The van der Waals surface area contributed by atoms with E-state index in [9.17, 15) is 4.79 Å². The molecule has 0 radical (unpaired) electrons. The van der Waals surface area contributed by atoms with Crippen molar-refractivity contribution in [1.82, 2.24) is 9.66 Å². The lowest BCUT2D eigenvalue weighted by atomic mass is 10.1. The van der Waals surface area contributed by atoms with Crippen molar-refractivity contribution >= 4 is 11.7 Å². The van der Waals surface area contributed by atoms with Gasteiger partial charge >= 0.3 is 0 Å². The number of rotatable bonds is 4. The summed E-state index contributed by atoms with van der Waals surface area (Å²) in [6.07, 6.45) is 0.534. The summed E-state index contributed by atoms with van der Waals surface area (Å²) in [6, 6.07) is 1.94. The lowest BCUT2D eigenvalue weighted by molar-refractivity contribution is 0.734.